The van der Waals surface area contributed by atoms with Crippen molar-refractivity contribution >= 4 is 19.4 Å². The molecule has 0 radical (unpaired) electrons. The van der Waals surface area contributed by atoms with E-state index in [0.29, 0.717) is 0 Å². The van der Waals surface area contributed by atoms with Crippen LogP contribution in [0.1, 0.15) is 16.7 Å². The van der Waals surface area contributed by atoms with Crippen LogP contribution >= 0.6 is 9.69 Å². The van der Waals surface area contributed by atoms with E-state index in [4.69, 9.17) is 9.69 Å². The van der Waals surface area contributed by atoms with Crippen molar-refractivity contribution in [3.63, 3.8) is 0 Å². The van der Waals surface area contributed by atoms with Crippen molar-refractivity contribution in [3.8, 4) is 0 Å². The van der Waals surface area contributed by atoms with Crippen molar-refractivity contribution in [2.75, 3.05) is 0 Å². The minimum atomic E-state index is -0.218. The van der Waals surface area contributed by atoms with E-state index in [1.807, 2.05) is 6.07 Å². The van der Waals surface area contributed by atoms with Gasteiger partial charge in [-0.05, 0) is 0 Å². The first kappa shape index (κ1) is 11.1. The minimum absolute atomic E-state index is 0.218. The maximum atomic E-state index is 6.10. The van der Waals surface area contributed by atoms with Crippen LogP contribution in [0.25, 0.3) is 5.57 Å². The first-order valence-corrected chi connectivity index (χ1v) is 8.48. The van der Waals surface area contributed by atoms with Crippen molar-refractivity contribution in [2.24, 2.45) is 0 Å². The molecule has 2 aromatic carbocycles. The summed E-state index contributed by atoms with van der Waals surface area (Å²) in [5.74, 6) is 0. The third-order valence-corrected chi connectivity index (χ3v) is 4.82. The maximum absolute atomic E-state index is 6.10. The van der Waals surface area contributed by atoms with Crippen LogP contribution in [0.15, 0.2) is 60.7 Å². The van der Waals surface area contributed by atoms with E-state index in [-0.39, 0.29) is 15.7 Å². The molecule has 0 amide bonds. The van der Waals surface area contributed by atoms with Crippen LogP contribution in [0.3, 0.4) is 0 Å². The Morgan fingerprint density at radius 2 is 1.41 bits per heavy atom. The Bertz CT molecular complexity index is 612. The molecule has 0 aromatic heterocycles. The predicted octanol–water partition coefficient (Wildman–Crippen LogP) is 3.89. The Kier molecular flexibility index (Phi) is 3.05. The molecule has 0 spiro atoms. The standard InChI is InChI=1S/C15H10.ClH.Ru/c1-2-6-12(7-3-1)15-11-10-13-8-4-5-9-14(13)15;;/h1-9,11H;1H;/q;;+1/p-1. The van der Waals surface area contributed by atoms with Crippen molar-refractivity contribution in [1.82, 2.24) is 0 Å². The van der Waals surface area contributed by atoms with Gasteiger partial charge in [-0.25, -0.2) is 0 Å². The summed E-state index contributed by atoms with van der Waals surface area (Å²) in [5, 5.41) is 0. The van der Waals surface area contributed by atoms with Crippen LogP contribution in [0.4, 0.5) is 0 Å². The van der Waals surface area contributed by atoms with E-state index < -0.39 is 0 Å². The Labute approximate surface area is 112 Å². The molecule has 0 saturated heterocycles. The first-order chi connectivity index (χ1) is 8.40. The molecule has 0 N–H and O–H groups in total. The fraction of sp³-hybridized carbons (Fsp3) is 0. The summed E-state index contributed by atoms with van der Waals surface area (Å²) in [7, 11) is 6.10. The summed E-state index contributed by atoms with van der Waals surface area (Å²) in [6.45, 7) is 0. The van der Waals surface area contributed by atoms with Gasteiger partial charge in [0.25, 0.3) is 0 Å². The van der Waals surface area contributed by atoms with Crippen molar-refractivity contribution in [3.05, 3.63) is 77.4 Å². The van der Waals surface area contributed by atoms with Gasteiger partial charge < -0.3 is 0 Å². The zero-order valence-electron chi connectivity index (χ0n) is 9.01. The van der Waals surface area contributed by atoms with Crippen LogP contribution < -0.4 is 0 Å². The summed E-state index contributed by atoms with van der Waals surface area (Å²) >= 11 is -0.218. The summed E-state index contributed by atoms with van der Waals surface area (Å²) in [6, 6.07) is 19.0. The zero-order valence-corrected chi connectivity index (χ0v) is 11.5. The quantitative estimate of drug-likeness (QED) is 0.698. The second kappa shape index (κ2) is 4.68. The van der Waals surface area contributed by atoms with E-state index in [0.717, 1.165) is 0 Å². The molecule has 17 heavy (non-hydrogen) atoms. The topological polar surface area (TPSA) is 0 Å². The number of fused-ring (bicyclic) bond motifs is 1. The molecule has 2 aromatic rings. The second-order valence-corrected chi connectivity index (χ2v) is 5.93. The number of halogens is 1. The number of benzene rings is 2. The van der Waals surface area contributed by atoms with Gasteiger partial charge in [0, 0.05) is 0 Å². The molecule has 0 unspecified atom stereocenters. The Morgan fingerprint density at radius 1 is 0.765 bits per heavy atom. The molecule has 1 aliphatic rings. The van der Waals surface area contributed by atoms with Crippen molar-refractivity contribution in [1.29, 1.82) is 0 Å². The van der Waals surface area contributed by atoms with E-state index in [2.05, 4.69) is 54.6 Å². The van der Waals surface area contributed by atoms with Gasteiger partial charge >= 0.3 is 112 Å². The van der Waals surface area contributed by atoms with Crippen LogP contribution in [0.5, 0.6) is 0 Å². The normalized spacial score (nSPS) is 16.3. The molecule has 1 aliphatic carbocycles. The predicted molar refractivity (Wildman–Crippen MR) is 69.9 cm³/mol. The Morgan fingerprint density at radius 3 is 2.12 bits per heavy atom. The molecule has 0 heterocycles. The number of rotatable bonds is 1. The number of hydrogen-bond acceptors (Lipinski definition) is 0. The molecule has 0 aliphatic heterocycles. The number of allylic oxidation sites excluding steroid dienone is 1. The summed E-state index contributed by atoms with van der Waals surface area (Å²) in [6.07, 6.45) is 2.24. The van der Waals surface area contributed by atoms with Gasteiger partial charge in [0.2, 0.25) is 0 Å². The van der Waals surface area contributed by atoms with E-state index in [1.165, 1.54) is 26.4 Å². The molecule has 85 valence electrons. The molecule has 0 atom stereocenters. The van der Waals surface area contributed by atoms with Crippen LogP contribution in [0.2, 0.25) is 0 Å². The third kappa shape index (κ3) is 1.94. The van der Waals surface area contributed by atoms with Gasteiger partial charge in [0.15, 0.2) is 0 Å². The molecular weight excluding hydrogens is 317 g/mol. The average Bonchev–Trinajstić information content (AvgIpc) is 2.78. The van der Waals surface area contributed by atoms with Gasteiger partial charge in [0.1, 0.15) is 0 Å². The zero-order chi connectivity index (χ0) is 11.7. The molecule has 3 rings (SSSR count). The van der Waals surface area contributed by atoms with Gasteiger partial charge in [-0.1, -0.05) is 0 Å². The van der Waals surface area contributed by atoms with Crippen LogP contribution in [-0.4, -0.2) is 4.11 Å². The summed E-state index contributed by atoms with van der Waals surface area (Å²) in [5.41, 5.74) is 5.18. The van der Waals surface area contributed by atoms with Crippen molar-refractivity contribution < 1.29 is 15.7 Å². The van der Waals surface area contributed by atoms with E-state index in [9.17, 15) is 0 Å². The molecule has 0 bridgehead atoms. The Balaban J connectivity index is 2.21. The SMILES string of the molecule is [Cl][Ru]=[C]1C=C(c2ccccc2)c2ccccc21. The molecule has 0 saturated carbocycles. The fourth-order valence-electron chi connectivity index (χ4n) is 2.11. The van der Waals surface area contributed by atoms with E-state index in [1.54, 1.807) is 0 Å². The summed E-state index contributed by atoms with van der Waals surface area (Å²) < 4.78 is 1.30. The molecule has 0 fully saturated rings. The van der Waals surface area contributed by atoms with Crippen molar-refractivity contribution in [2.45, 2.75) is 0 Å². The van der Waals surface area contributed by atoms with Crippen LogP contribution in [-0.2, 0) is 15.7 Å². The summed E-state index contributed by atoms with van der Waals surface area (Å²) in [4.78, 5) is 0. The average molecular weight is 327 g/mol. The molecular formula is C15H10ClRu. The second-order valence-electron chi connectivity index (χ2n) is 3.87. The van der Waals surface area contributed by atoms with Gasteiger partial charge in [-0.3, -0.25) is 0 Å². The number of hydrogen-bond donors (Lipinski definition) is 0. The molecule has 0 nitrogen and oxygen atoms in total. The van der Waals surface area contributed by atoms with E-state index >= 15 is 0 Å². The van der Waals surface area contributed by atoms with Gasteiger partial charge in [-0.2, -0.15) is 0 Å². The first-order valence-electron chi connectivity index (χ1n) is 5.38. The van der Waals surface area contributed by atoms with Gasteiger partial charge in [-0.15, -0.1) is 0 Å². The van der Waals surface area contributed by atoms with Gasteiger partial charge in [0.05, 0.1) is 0 Å². The molecule has 2 heteroatoms. The van der Waals surface area contributed by atoms with Crippen LogP contribution in [0, 0.1) is 0 Å². The monoisotopic (exact) mass is 327 g/mol. The third-order valence-electron chi connectivity index (χ3n) is 2.89. The Hall–Kier alpha value is -1.04. The fourth-order valence-corrected chi connectivity index (χ4v) is 3.67.